The van der Waals surface area contributed by atoms with Gasteiger partial charge in [0.25, 0.3) is 0 Å². The molecule has 0 spiro atoms. The lowest BCUT2D eigenvalue weighted by molar-refractivity contribution is -0.255. The summed E-state index contributed by atoms with van der Waals surface area (Å²) in [4.78, 5) is 10.8. The van der Waals surface area contributed by atoms with Gasteiger partial charge in [-0.15, -0.1) is 0 Å². The smallest absolute Gasteiger partial charge is 0.135 e. The van der Waals surface area contributed by atoms with E-state index in [9.17, 15) is 9.90 Å². The maximum atomic E-state index is 10.8. The van der Waals surface area contributed by atoms with Gasteiger partial charge in [-0.1, -0.05) is 36.4 Å². The molecule has 5 nitrogen and oxygen atoms in total. The van der Waals surface area contributed by atoms with Crippen LogP contribution in [0.25, 0.3) is 16.8 Å². The summed E-state index contributed by atoms with van der Waals surface area (Å²) < 4.78 is 1.58. The lowest BCUT2D eigenvalue weighted by Gasteiger charge is -2.08. The van der Waals surface area contributed by atoms with Crippen molar-refractivity contribution in [1.82, 2.24) is 9.78 Å². The number of nitrogens with two attached hydrogens (primary N) is 1. The van der Waals surface area contributed by atoms with Crippen molar-refractivity contribution >= 4 is 11.8 Å². The van der Waals surface area contributed by atoms with Gasteiger partial charge in [0.15, 0.2) is 0 Å². The van der Waals surface area contributed by atoms with E-state index in [1.165, 1.54) is 12.1 Å². The number of nitrogens with zero attached hydrogens (tertiary/aromatic N) is 2. The zero-order chi connectivity index (χ0) is 15.7. The van der Waals surface area contributed by atoms with E-state index in [0.29, 0.717) is 11.5 Å². The fourth-order valence-corrected chi connectivity index (χ4v) is 2.38. The molecular weight excluding hydrogens is 278 g/mol. The van der Waals surface area contributed by atoms with Crippen LogP contribution in [0.1, 0.15) is 15.9 Å². The lowest BCUT2D eigenvalue weighted by atomic mass is 10.0. The van der Waals surface area contributed by atoms with Crippen molar-refractivity contribution < 1.29 is 9.90 Å². The van der Waals surface area contributed by atoms with Gasteiger partial charge in [-0.3, -0.25) is 0 Å². The Morgan fingerprint density at radius 1 is 1.09 bits per heavy atom. The van der Waals surface area contributed by atoms with Crippen molar-refractivity contribution in [3.63, 3.8) is 0 Å². The molecule has 2 N–H and O–H groups in total. The summed E-state index contributed by atoms with van der Waals surface area (Å²) in [6, 6.07) is 14.2. The third kappa shape index (κ3) is 2.33. The van der Waals surface area contributed by atoms with Gasteiger partial charge < -0.3 is 15.6 Å². The molecule has 0 radical (unpaired) electrons. The maximum absolute atomic E-state index is 10.8. The molecule has 3 aromatic rings. The molecule has 0 aliphatic heterocycles. The molecule has 3 rings (SSSR count). The molecule has 0 atom stereocenters. The minimum Gasteiger partial charge on any atom is -0.545 e. The van der Waals surface area contributed by atoms with Crippen LogP contribution in [0.5, 0.6) is 0 Å². The predicted molar refractivity (Wildman–Crippen MR) is 82.5 cm³/mol. The highest BCUT2D eigenvalue weighted by atomic mass is 16.4. The molecule has 0 fully saturated rings. The monoisotopic (exact) mass is 292 g/mol. The first kappa shape index (κ1) is 13.9. The fraction of sp³-hybridized carbons (Fsp3) is 0.0588. The number of hydrogen-bond donors (Lipinski definition) is 1. The number of aryl methyl sites for hydroxylation is 1. The summed E-state index contributed by atoms with van der Waals surface area (Å²) >= 11 is 0. The summed E-state index contributed by atoms with van der Waals surface area (Å²) in [5.74, 6) is -0.698. The first-order chi connectivity index (χ1) is 10.6. The zero-order valence-electron chi connectivity index (χ0n) is 12.0. The molecule has 2 aromatic carbocycles. The standard InChI is InChI=1S/C17H15N3O2/c1-11-4-2-3-5-14(11)15-10-19-20(16(15)18)13-8-6-12(7-9-13)17(21)22/h2-10H,18H2,1H3,(H,21,22)/p-1. The average Bonchev–Trinajstić information content (AvgIpc) is 2.89. The molecule has 0 saturated carbocycles. The number of anilines is 1. The molecule has 22 heavy (non-hydrogen) atoms. The van der Waals surface area contributed by atoms with Crippen LogP contribution in [-0.2, 0) is 0 Å². The van der Waals surface area contributed by atoms with Crippen molar-refractivity contribution in [3.8, 4) is 16.8 Å². The van der Waals surface area contributed by atoms with Gasteiger partial charge in [0.1, 0.15) is 5.82 Å². The molecule has 0 unspecified atom stereocenters. The highest BCUT2D eigenvalue weighted by Crippen LogP contribution is 2.29. The summed E-state index contributed by atoms with van der Waals surface area (Å²) in [6.07, 6.45) is 1.71. The van der Waals surface area contributed by atoms with Gasteiger partial charge in [-0.2, -0.15) is 5.10 Å². The van der Waals surface area contributed by atoms with Gasteiger partial charge in [-0.25, -0.2) is 4.68 Å². The molecular formula is C17H14N3O2-. The van der Waals surface area contributed by atoms with Gasteiger partial charge in [0.05, 0.1) is 17.9 Å². The number of rotatable bonds is 3. The van der Waals surface area contributed by atoms with Crippen LogP contribution in [0.2, 0.25) is 0 Å². The van der Waals surface area contributed by atoms with E-state index in [-0.39, 0.29) is 5.56 Å². The molecule has 110 valence electrons. The maximum Gasteiger partial charge on any atom is 0.135 e. The second-order valence-electron chi connectivity index (χ2n) is 5.00. The number of aromatic nitrogens is 2. The Kier molecular flexibility index (Phi) is 3.39. The number of carbonyl (C=O) groups is 1. The number of nitrogen functional groups attached to an aromatic ring is 1. The van der Waals surface area contributed by atoms with Crippen LogP contribution in [0.3, 0.4) is 0 Å². The third-order valence-corrected chi connectivity index (χ3v) is 3.59. The highest BCUT2D eigenvalue weighted by molar-refractivity contribution is 5.86. The number of benzene rings is 2. The summed E-state index contributed by atoms with van der Waals surface area (Å²) in [6.45, 7) is 2.01. The number of aromatic carboxylic acids is 1. The van der Waals surface area contributed by atoms with Crippen LogP contribution in [-0.4, -0.2) is 15.7 Å². The van der Waals surface area contributed by atoms with E-state index in [0.717, 1.165) is 16.7 Å². The highest BCUT2D eigenvalue weighted by Gasteiger charge is 2.12. The van der Waals surface area contributed by atoms with E-state index < -0.39 is 5.97 Å². The van der Waals surface area contributed by atoms with E-state index >= 15 is 0 Å². The average molecular weight is 292 g/mol. The Labute approximate surface area is 127 Å². The molecule has 1 heterocycles. The van der Waals surface area contributed by atoms with E-state index in [2.05, 4.69) is 5.10 Å². The van der Waals surface area contributed by atoms with Gasteiger partial charge in [0, 0.05) is 5.56 Å². The van der Waals surface area contributed by atoms with Crippen molar-refractivity contribution in [2.45, 2.75) is 6.92 Å². The normalized spacial score (nSPS) is 10.6. The summed E-state index contributed by atoms with van der Waals surface area (Å²) in [7, 11) is 0. The van der Waals surface area contributed by atoms with Gasteiger partial charge >= 0.3 is 0 Å². The molecule has 1 aromatic heterocycles. The van der Waals surface area contributed by atoms with Gasteiger partial charge in [0.2, 0.25) is 0 Å². The largest absolute Gasteiger partial charge is 0.545 e. The van der Waals surface area contributed by atoms with Crippen LogP contribution in [0.15, 0.2) is 54.7 Å². The number of carboxylic acid groups (broad SMARTS) is 1. The Balaban J connectivity index is 2.04. The lowest BCUT2D eigenvalue weighted by Crippen LogP contribution is -2.22. The minimum absolute atomic E-state index is 0.119. The van der Waals surface area contributed by atoms with Crippen molar-refractivity contribution in [1.29, 1.82) is 0 Å². The first-order valence-corrected chi connectivity index (χ1v) is 6.79. The van der Waals surface area contributed by atoms with Crippen LogP contribution in [0.4, 0.5) is 5.82 Å². The summed E-state index contributed by atoms with van der Waals surface area (Å²) in [5.41, 5.74) is 10.0. The Bertz CT molecular complexity index is 835. The molecule has 5 heteroatoms. The van der Waals surface area contributed by atoms with E-state index in [1.54, 1.807) is 23.0 Å². The van der Waals surface area contributed by atoms with E-state index in [4.69, 9.17) is 5.73 Å². The Hall–Kier alpha value is -3.08. The van der Waals surface area contributed by atoms with Crippen LogP contribution >= 0.6 is 0 Å². The van der Waals surface area contributed by atoms with Crippen LogP contribution in [0, 0.1) is 6.92 Å². The summed E-state index contributed by atoms with van der Waals surface area (Å²) in [5, 5.41) is 15.1. The quantitative estimate of drug-likeness (QED) is 0.797. The first-order valence-electron chi connectivity index (χ1n) is 6.79. The van der Waals surface area contributed by atoms with Gasteiger partial charge in [-0.05, 0) is 35.7 Å². The Morgan fingerprint density at radius 2 is 1.77 bits per heavy atom. The zero-order valence-corrected chi connectivity index (χ0v) is 12.0. The van der Waals surface area contributed by atoms with Crippen molar-refractivity contribution in [2.24, 2.45) is 0 Å². The third-order valence-electron chi connectivity index (χ3n) is 3.59. The Morgan fingerprint density at radius 3 is 2.41 bits per heavy atom. The minimum atomic E-state index is -1.21. The van der Waals surface area contributed by atoms with Crippen molar-refractivity contribution in [2.75, 3.05) is 5.73 Å². The topological polar surface area (TPSA) is 84.0 Å². The molecule has 0 bridgehead atoms. The van der Waals surface area contributed by atoms with Crippen LogP contribution < -0.4 is 10.8 Å². The molecule has 0 aliphatic carbocycles. The number of carboxylic acids is 1. The number of carbonyl (C=O) groups excluding carboxylic acids is 1. The predicted octanol–water partition coefficient (Wildman–Crippen LogP) is 1.79. The second-order valence-corrected chi connectivity index (χ2v) is 5.00. The molecule has 0 saturated heterocycles. The SMILES string of the molecule is Cc1ccccc1-c1cnn(-c2ccc(C(=O)[O-])cc2)c1N. The fourth-order valence-electron chi connectivity index (χ4n) is 2.38. The van der Waals surface area contributed by atoms with Crippen molar-refractivity contribution in [3.05, 3.63) is 65.9 Å². The molecule has 0 aliphatic rings. The second kappa shape index (κ2) is 5.37. The van der Waals surface area contributed by atoms with E-state index in [1.807, 2.05) is 31.2 Å². The number of hydrogen-bond acceptors (Lipinski definition) is 4. The molecule has 0 amide bonds.